The van der Waals surface area contributed by atoms with Crippen LogP contribution < -0.4 is 4.90 Å². The Morgan fingerprint density at radius 2 is 1.43 bits per heavy atom. The summed E-state index contributed by atoms with van der Waals surface area (Å²) in [5.74, 6) is -1.22. The Morgan fingerprint density at radius 3 is 2.07 bits per heavy atom. The summed E-state index contributed by atoms with van der Waals surface area (Å²) in [6.45, 7) is 24.7. The van der Waals surface area contributed by atoms with E-state index in [4.69, 9.17) is 37.9 Å². The molecule has 56 heavy (non-hydrogen) atoms. The van der Waals surface area contributed by atoms with Crippen LogP contribution in [-0.2, 0) is 37.9 Å². The molecule has 5 atom stereocenters. The third-order valence-electron chi connectivity index (χ3n) is 9.19. The van der Waals surface area contributed by atoms with E-state index in [1.807, 2.05) is 46.8 Å². The molecule has 2 heterocycles. The molecule has 1 aromatic rings. The van der Waals surface area contributed by atoms with Crippen LogP contribution >= 0.6 is 0 Å². The number of rotatable bonds is 13. The molecule has 0 radical (unpaired) electrons. The van der Waals surface area contributed by atoms with Crippen LogP contribution in [-0.4, -0.2) is 118 Å². The van der Waals surface area contributed by atoms with Crippen molar-refractivity contribution in [2.75, 3.05) is 64.7 Å². The molecule has 1 aromatic carbocycles. The molecule has 1 saturated heterocycles. The van der Waals surface area contributed by atoms with Gasteiger partial charge in [-0.3, -0.25) is 4.90 Å². The van der Waals surface area contributed by atoms with Gasteiger partial charge in [0.2, 0.25) is 0 Å². The summed E-state index contributed by atoms with van der Waals surface area (Å²) in [6.07, 6.45) is 6.58. The number of cyclic esters (lactones) is 1. The van der Waals surface area contributed by atoms with E-state index in [1.165, 1.54) is 9.80 Å². The molecule has 0 unspecified atom stereocenters. The predicted octanol–water partition coefficient (Wildman–Crippen LogP) is 7.96. The Kier molecular flexibility index (Phi) is 17.4. The molecule has 13 nitrogen and oxygen atoms in total. The Bertz CT molecular complexity index is 1510. The van der Waals surface area contributed by atoms with Crippen molar-refractivity contribution in [3.8, 4) is 0 Å². The molecule has 0 saturated carbocycles. The van der Waals surface area contributed by atoms with Crippen molar-refractivity contribution in [3.63, 3.8) is 0 Å². The average molecular weight is 789 g/mol. The van der Waals surface area contributed by atoms with E-state index in [-0.39, 0.29) is 50.3 Å². The molecule has 2 aliphatic heterocycles. The first kappa shape index (κ1) is 46.9. The number of methoxy groups -OCH3 is 1. The van der Waals surface area contributed by atoms with Crippen LogP contribution in [0, 0.1) is 18.8 Å². The lowest BCUT2D eigenvalue weighted by atomic mass is 9.93. The van der Waals surface area contributed by atoms with Crippen molar-refractivity contribution in [3.05, 3.63) is 47.1 Å². The van der Waals surface area contributed by atoms with Crippen molar-refractivity contribution in [1.29, 1.82) is 0 Å². The number of hydrogen-bond acceptors (Lipinski definition) is 11. The van der Waals surface area contributed by atoms with Gasteiger partial charge in [0.25, 0.3) is 0 Å². The molecule has 0 bridgehead atoms. The number of esters is 1. The number of aryl methyl sites for hydroxylation is 1. The lowest BCUT2D eigenvalue weighted by Gasteiger charge is -2.32. The molecule has 0 spiro atoms. The van der Waals surface area contributed by atoms with E-state index >= 15 is 0 Å². The summed E-state index contributed by atoms with van der Waals surface area (Å²) in [5, 5.41) is 0. The highest BCUT2D eigenvalue weighted by molar-refractivity contribution is 5.97. The molecule has 3 rings (SSSR count). The second-order valence-electron chi connectivity index (χ2n) is 17.0. The van der Waals surface area contributed by atoms with Crippen LogP contribution in [0.25, 0.3) is 6.08 Å². The van der Waals surface area contributed by atoms with Crippen molar-refractivity contribution >= 4 is 29.9 Å². The van der Waals surface area contributed by atoms with Crippen molar-refractivity contribution in [2.45, 2.75) is 125 Å². The van der Waals surface area contributed by atoms with Crippen LogP contribution in [0.1, 0.15) is 104 Å². The van der Waals surface area contributed by atoms with E-state index < -0.39 is 41.2 Å². The summed E-state index contributed by atoms with van der Waals surface area (Å²) >= 11 is 0. The number of anilines is 1. The van der Waals surface area contributed by atoms with Gasteiger partial charge in [0, 0.05) is 44.3 Å². The van der Waals surface area contributed by atoms with Gasteiger partial charge < -0.3 is 42.8 Å². The van der Waals surface area contributed by atoms with Gasteiger partial charge in [-0.2, -0.15) is 0 Å². The number of carbonyl (C=O) groups excluding carboxylic acids is 3. The maximum Gasteiger partial charge on any atom is 0.414 e. The summed E-state index contributed by atoms with van der Waals surface area (Å²) in [7, 11) is 1.61. The molecule has 13 heteroatoms. The molecule has 2 amide bonds. The number of nitrogens with zero attached hydrogens (tertiary/aromatic N) is 2. The number of hydrogen-bond donors (Lipinski definition) is 0. The summed E-state index contributed by atoms with van der Waals surface area (Å²) in [6, 6.07) is 3.55. The van der Waals surface area contributed by atoms with Crippen LogP contribution in [0.4, 0.5) is 15.3 Å². The fraction of sp³-hybridized carbons (Fsp3) is 0.698. The van der Waals surface area contributed by atoms with Gasteiger partial charge >= 0.3 is 18.2 Å². The van der Waals surface area contributed by atoms with E-state index in [0.717, 1.165) is 0 Å². The van der Waals surface area contributed by atoms with E-state index in [2.05, 4.69) is 19.1 Å². The van der Waals surface area contributed by atoms with Gasteiger partial charge in [-0.25, -0.2) is 14.4 Å². The van der Waals surface area contributed by atoms with E-state index in [9.17, 15) is 14.4 Å². The SMILES string of the molecule is COCCOCCOCCN(CCN(C(=O)OC(C)(C)C)c1cc(C)c2c(c1)/C=C/C[C@@H]1OC(C)(C)O[C@@H]1[C@H](C)/C=C\[C@@H](C)[C@H](C)OC2=O)C(=O)OC(C)(C)C. The highest BCUT2D eigenvalue weighted by Crippen LogP contribution is 2.36. The normalized spacial score (nSPS) is 23.9. The topological polar surface area (TPSA) is 132 Å². The first-order chi connectivity index (χ1) is 26.1. The quantitative estimate of drug-likeness (QED) is 0.0835. The molecule has 0 N–H and O–H groups in total. The summed E-state index contributed by atoms with van der Waals surface area (Å²) < 4.78 is 46.6. The maximum absolute atomic E-state index is 14.0. The fourth-order valence-electron chi connectivity index (χ4n) is 6.26. The van der Waals surface area contributed by atoms with Gasteiger partial charge in [0.15, 0.2) is 5.79 Å². The van der Waals surface area contributed by atoms with Gasteiger partial charge in [-0.15, -0.1) is 0 Å². The Balaban J connectivity index is 2.00. The summed E-state index contributed by atoms with van der Waals surface area (Å²) in [4.78, 5) is 44.3. The zero-order valence-corrected chi connectivity index (χ0v) is 36.1. The monoisotopic (exact) mass is 788 g/mol. The highest BCUT2D eigenvalue weighted by atomic mass is 16.8. The minimum absolute atomic E-state index is 0.0545. The number of fused-ring (bicyclic) bond motifs is 2. The van der Waals surface area contributed by atoms with Gasteiger partial charge in [-0.05, 0) is 98.9 Å². The predicted molar refractivity (Wildman–Crippen MR) is 216 cm³/mol. The zero-order valence-electron chi connectivity index (χ0n) is 36.1. The van der Waals surface area contributed by atoms with Gasteiger partial charge in [-0.1, -0.05) is 38.2 Å². The second kappa shape index (κ2) is 20.8. The molecule has 316 valence electrons. The zero-order chi connectivity index (χ0) is 41.8. The van der Waals surface area contributed by atoms with E-state index in [1.54, 1.807) is 60.8 Å². The van der Waals surface area contributed by atoms with Crippen LogP contribution in [0.2, 0.25) is 0 Å². The van der Waals surface area contributed by atoms with Gasteiger partial charge in [0.1, 0.15) is 17.3 Å². The minimum atomic E-state index is -0.808. The molecule has 0 aliphatic carbocycles. The van der Waals surface area contributed by atoms with Crippen LogP contribution in [0.15, 0.2) is 30.4 Å². The summed E-state index contributed by atoms with van der Waals surface area (Å²) in [5.41, 5.74) is 0.507. The average Bonchev–Trinajstić information content (AvgIpc) is 3.38. The first-order valence-electron chi connectivity index (χ1n) is 19.8. The number of carbonyl (C=O) groups is 3. The lowest BCUT2D eigenvalue weighted by Crippen LogP contribution is -2.45. The number of amides is 2. The first-order valence-corrected chi connectivity index (χ1v) is 19.8. The molecule has 1 fully saturated rings. The molecular formula is C43H68N2O11. The minimum Gasteiger partial charge on any atom is -0.458 e. The molecule has 0 aromatic heterocycles. The van der Waals surface area contributed by atoms with Crippen LogP contribution in [0.3, 0.4) is 0 Å². The number of ether oxygens (including phenoxy) is 8. The van der Waals surface area contributed by atoms with Gasteiger partial charge in [0.05, 0.1) is 50.8 Å². The Labute approximate surface area is 334 Å². The van der Waals surface area contributed by atoms with Crippen LogP contribution in [0.5, 0.6) is 0 Å². The smallest absolute Gasteiger partial charge is 0.414 e. The largest absolute Gasteiger partial charge is 0.458 e. The Hall–Kier alpha value is -3.49. The number of benzene rings is 1. The van der Waals surface area contributed by atoms with Crippen molar-refractivity contribution in [1.82, 2.24) is 4.90 Å². The third kappa shape index (κ3) is 15.1. The fourth-order valence-corrected chi connectivity index (χ4v) is 6.26. The second-order valence-corrected chi connectivity index (χ2v) is 17.0. The Morgan fingerprint density at radius 1 is 0.821 bits per heavy atom. The van der Waals surface area contributed by atoms with Crippen molar-refractivity contribution < 1.29 is 52.3 Å². The van der Waals surface area contributed by atoms with E-state index in [0.29, 0.717) is 55.2 Å². The molecular weight excluding hydrogens is 720 g/mol. The standard InChI is InChI=1S/C43H68N2O11/c1-29-17-18-30(2)37-35(53-43(11,12)54-37)16-14-15-33-28-34(27-31(3)36(33)38(46)52-32(29)4)45(40(48)56-42(8,9)10)20-19-44(39(47)55-41(5,6)7)21-22-50-25-26-51-24-23-49-13/h14-15,17-18,27-30,32,35,37H,16,19-26H2,1-13H3/b15-14+,18-17-/t29-,30-,32+,35+,37-/m1/s1. The highest BCUT2D eigenvalue weighted by Gasteiger charge is 2.42. The maximum atomic E-state index is 14.0. The lowest BCUT2D eigenvalue weighted by molar-refractivity contribution is -0.148. The van der Waals surface area contributed by atoms with Crippen molar-refractivity contribution in [2.24, 2.45) is 11.8 Å². The molecule has 2 aliphatic rings. The third-order valence-corrected chi connectivity index (χ3v) is 9.19.